The van der Waals surface area contributed by atoms with Crippen molar-refractivity contribution in [2.24, 2.45) is 0 Å². The highest BCUT2D eigenvalue weighted by atomic mass is 15.1. The maximum atomic E-state index is 2.43. The van der Waals surface area contributed by atoms with E-state index in [1.807, 2.05) is 0 Å². The van der Waals surface area contributed by atoms with Crippen LogP contribution in [0.25, 0.3) is 55.6 Å². The molecule has 0 atom stereocenters. The van der Waals surface area contributed by atoms with Crippen LogP contribution in [0.1, 0.15) is 47.2 Å². The van der Waals surface area contributed by atoms with Crippen LogP contribution >= 0.6 is 0 Å². The van der Waals surface area contributed by atoms with Gasteiger partial charge in [-0.15, -0.1) is 0 Å². The second-order valence-electron chi connectivity index (χ2n) is 16.8. The van der Waals surface area contributed by atoms with E-state index in [9.17, 15) is 0 Å². The summed E-state index contributed by atoms with van der Waals surface area (Å²) in [5.74, 6) is 0. The standard InChI is InChI=1S/C58H41N/c1-57(2)51-20-10-6-16-45(51)49-34-33-44(37-56(49)57)59(42-29-24-39(25-30-42)38-14-4-3-5-15-38)43-31-26-40(27-32-43)41-28-35-55-50(36-41)48-19-9-13-23-54(48)58(55)52-21-11-7-17-46(52)47-18-8-12-22-53(47)58/h3-37H,1-2H3. The number of nitrogens with zero attached hydrogens (tertiary/aromatic N) is 1. The molecule has 0 saturated heterocycles. The van der Waals surface area contributed by atoms with Crippen molar-refractivity contribution < 1.29 is 0 Å². The first-order chi connectivity index (χ1) is 29.0. The number of fused-ring (bicyclic) bond motifs is 13. The molecule has 0 fully saturated rings. The van der Waals surface area contributed by atoms with Gasteiger partial charge in [-0.3, -0.25) is 0 Å². The minimum absolute atomic E-state index is 0.0952. The Hall–Kier alpha value is -7.22. The molecule has 0 N–H and O–H groups in total. The van der Waals surface area contributed by atoms with Gasteiger partial charge in [0.25, 0.3) is 0 Å². The van der Waals surface area contributed by atoms with Crippen LogP contribution in [0, 0.1) is 0 Å². The summed E-state index contributed by atoms with van der Waals surface area (Å²) in [5.41, 5.74) is 24.0. The monoisotopic (exact) mass is 751 g/mol. The highest BCUT2D eigenvalue weighted by Gasteiger charge is 2.51. The first-order valence-corrected chi connectivity index (χ1v) is 20.8. The fraction of sp³-hybridized carbons (Fsp3) is 0.0690. The van der Waals surface area contributed by atoms with Crippen molar-refractivity contribution in [1.29, 1.82) is 0 Å². The normalized spacial score (nSPS) is 14.2. The smallest absolute Gasteiger partial charge is 0.0725 e. The Labute approximate surface area is 346 Å². The van der Waals surface area contributed by atoms with Gasteiger partial charge in [-0.1, -0.05) is 184 Å². The number of rotatable bonds is 5. The topological polar surface area (TPSA) is 3.24 Å². The molecule has 3 aliphatic carbocycles. The van der Waals surface area contributed by atoms with E-state index in [4.69, 9.17) is 0 Å². The van der Waals surface area contributed by atoms with Crippen LogP contribution in [-0.4, -0.2) is 0 Å². The first-order valence-electron chi connectivity index (χ1n) is 20.8. The van der Waals surface area contributed by atoms with Gasteiger partial charge < -0.3 is 4.90 Å². The summed E-state index contributed by atoms with van der Waals surface area (Å²) in [5, 5.41) is 0. The number of anilines is 3. The predicted molar refractivity (Wildman–Crippen MR) is 246 cm³/mol. The molecule has 0 unspecified atom stereocenters. The van der Waals surface area contributed by atoms with Crippen molar-refractivity contribution in [2.75, 3.05) is 4.90 Å². The van der Waals surface area contributed by atoms with Crippen LogP contribution in [-0.2, 0) is 10.8 Å². The van der Waals surface area contributed by atoms with Gasteiger partial charge in [-0.25, -0.2) is 0 Å². The summed E-state index contributed by atoms with van der Waals surface area (Å²) in [7, 11) is 0. The molecule has 1 heteroatoms. The molecule has 0 bridgehead atoms. The molecule has 1 nitrogen and oxygen atoms in total. The van der Waals surface area contributed by atoms with Crippen LogP contribution in [0.2, 0.25) is 0 Å². The summed E-state index contributed by atoms with van der Waals surface area (Å²) >= 11 is 0. The van der Waals surface area contributed by atoms with Crippen molar-refractivity contribution in [3.05, 3.63) is 246 Å². The molecule has 0 aliphatic heterocycles. The molecular formula is C58H41N. The van der Waals surface area contributed by atoms with Crippen LogP contribution in [0.5, 0.6) is 0 Å². The lowest BCUT2D eigenvalue weighted by molar-refractivity contribution is 0.660. The minimum atomic E-state index is -0.330. The van der Waals surface area contributed by atoms with Crippen molar-refractivity contribution in [3.63, 3.8) is 0 Å². The molecule has 278 valence electrons. The van der Waals surface area contributed by atoms with E-state index in [0.717, 1.165) is 17.1 Å². The van der Waals surface area contributed by atoms with Gasteiger partial charge in [-0.05, 0) is 131 Å². The zero-order valence-electron chi connectivity index (χ0n) is 33.2. The maximum absolute atomic E-state index is 2.43. The van der Waals surface area contributed by atoms with Crippen molar-refractivity contribution in [3.8, 4) is 55.6 Å². The van der Waals surface area contributed by atoms with E-state index >= 15 is 0 Å². The summed E-state index contributed by atoms with van der Waals surface area (Å²) < 4.78 is 0. The van der Waals surface area contributed by atoms with Crippen molar-refractivity contribution >= 4 is 17.1 Å². The zero-order valence-corrected chi connectivity index (χ0v) is 33.2. The second-order valence-corrected chi connectivity index (χ2v) is 16.8. The molecule has 1 spiro atoms. The lowest BCUT2D eigenvalue weighted by atomic mass is 9.70. The van der Waals surface area contributed by atoms with Gasteiger partial charge >= 0.3 is 0 Å². The van der Waals surface area contributed by atoms with Gasteiger partial charge in [0.05, 0.1) is 5.41 Å². The summed E-state index contributed by atoms with van der Waals surface area (Å²) in [6.45, 7) is 4.71. The van der Waals surface area contributed by atoms with Crippen LogP contribution in [0.15, 0.2) is 212 Å². The Bertz CT molecular complexity index is 3070. The fourth-order valence-electron chi connectivity index (χ4n) is 10.8. The fourth-order valence-corrected chi connectivity index (χ4v) is 10.8. The molecule has 12 rings (SSSR count). The van der Waals surface area contributed by atoms with E-state index in [-0.39, 0.29) is 10.8 Å². The minimum Gasteiger partial charge on any atom is -0.310 e. The first kappa shape index (κ1) is 33.9. The van der Waals surface area contributed by atoms with Crippen molar-refractivity contribution in [1.82, 2.24) is 0 Å². The number of hydrogen-bond donors (Lipinski definition) is 0. The highest BCUT2D eigenvalue weighted by Crippen LogP contribution is 2.63. The third-order valence-electron chi connectivity index (χ3n) is 13.5. The van der Waals surface area contributed by atoms with Gasteiger partial charge in [0.1, 0.15) is 0 Å². The van der Waals surface area contributed by atoms with Gasteiger partial charge in [0, 0.05) is 22.5 Å². The molecule has 0 amide bonds. The average Bonchev–Trinajstić information content (AvgIpc) is 3.85. The Morgan fingerprint density at radius 2 is 0.661 bits per heavy atom. The lowest BCUT2D eigenvalue weighted by Gasteiger charge is -2.30. The Morgan fingerprint density at radius 3 is 1.24 bits per heavy atom. The van der Waals surface area contributed by atoms with E-state index in [1.165, 1.54) is 89.0 Å². The van der Waals surface area contributed by atoms with Crippen molar-refractivity contribution in [2.45, 2.75) is 24.7 Å². The number of hydrogen-bond acceptors (Lipinski definition) is 1. The zero-order chi connectivity index (χ0) is 39.3. The molecular weight excluding hydrogens is 711 g/mol. The summed E-state index contributed by atoms with van der Waals surface area (Å²) in [6, 6.07) is 79.0. The van der Waals surface area contributed by atoms with E-state index in [2.05, 4.69) is 231 Å². The Kier molecular flexibility index (Phi) is 7.26. The molecule has 3 aliphatic rings. The van der Waals surface area contributed by atoms with Crippen LogP contribution in [0.3, 0.4) is 0 Å². The molecule has 9 aromatic carbocycles. The predicted octanol–water partition coefficient (Wildman–Crippen LogP) is 15.1. The third-order valence-corrected chi connectivity index (χ3v) is 13.5. The average molecular weight is 752 g/mol. The van der Waals surface area contributed by atoms with Crippen LogP contribution in [0.4, 0.5) is 17.1 Å². The second kappa shape index (κ2) is 12.6. The van der Waals surface area contributed by atoms with E-state index < -0.39 is 0 Å². The summed E-state index contributed by atoms with van der Waals surface area (Å²) in [6.07, 6.45) is 0. The number of benzene rings is 9. The van der Waals surface area contributed by atoms with Gasteiger partial charge in [-0.2, -0.15) is 0 Å². The van der Waals surface area contributed by atoms with Gasteiger partial charge in [0.2, 0.25) is 0 Å². The van der Waals surface area contributed by atoms with Gasteiger partial charge in [0.15, 0.2) is 0 Å². The molecule has 0 radical (unpaired) electrons. The lowest BCUT2D eigenvalue weighted by Crippen LogP contribution is -2.25. The quantitative estimate of drug-likeness (QED) is 0.169. The molecule has 9 aromatic rings. The maximum Gasteiger partial charge on any atom is 0.0725 e. The van der Waals surface area contributed by atoms with Crippen LogP contribution < -0.4 is 4.90 Å². The Balaban J connectivity index is 0.966. The molecule has 0 heterocycles. The van der Waals surface area contributed by atoms with E-state index in [0.29, 0.717) is 0 Å². The molecule has 0 aromatic heterocycles. The third kappa shape index (κ3) is 4.79. The largest absolute Gasteiger partial charge is 0.310 e. The Morgan fingerprint density at radius 1 is 0.271 bits per heavy atom. The van der Waals surface area contributed by atoms with E-state index in [1.54, 1.807) is 0 Å². The SMILES string of the molecule is CC1(C)c2ccccc2-c2ccc(N(c3ccc(-c4ccccc4)cc3)c3ccc(-c4ccc5c(c4)-c4ccccc4C54c5ccccc5-c5ccccc54)cc3)cc21. The summed E-state index contributed by atoms with van der Waals surface area (Å²) in [4.78, 5) is 2.41. The highest BCUT2D eigenvalue weighted by molar-refractivity contribution is 5.96. The molecule has 0 saturated carbocycles. The molecule has 59 heavy (non-hydrogen) atoms.